The Morgan fingerprint density at radius 3 is 2.62 bits per heavy atom. The molecule has 0 radical (unpaired) electrons. The first-order valence-electron chi connectivity index (χ1n) is 9.81. The topological polar surface area (TPSA) is 73.4 Å². The Labute approximate surface area is 157 Å². The van der Waals surface area contributed by atoms with Crippen LogP contribution in [0.15, 0.2) is 12.3 Å². The molecule has 0 spiro atoms. The minimum atomic E-state index is 0.282. The molecule has 26 heavy (non-hydrogen) atoms. The molecule has 1 saturated heterocycles. The molecule has 146 valence electrons. The van der Waals surface area contributed by atoms with Crippen molar-refractivity contribution in [1.82, 2.24) is 19.8 Å². The van der Waals surface area contributed by atoms with Gasteiger partial charge < -0.3 is 15.5 Å². The fourth-order valence-electron chi connectivity index (χ4n) is 3.38. The molecule has 0 unspecified atom stereocenters. The largest absolute Gasteiger partial charge is 0.369 e. The molecule has 0 aromatic carbocycles. The van der Waals surface area contributed by atoms with Gasteiger partial charge in [0.25, 0.3) is 0 Å². The molecule has 1 aliphatic rings. The second-order valence-electron chi connectivity index (χ2n) is 7.38. The molecule has 7 heteroatoms. The van der Waals surface area contributed by atoms with Gasteiger partial charge >= 0.3 is 0 Å². The Hall–Kier alpha value is -1.89. The highest BCUT2D eigenvalue weighted by Crippen LogP contribution is 2.10. The van der Waals surface area contributed by atoms with Crippen LogP contribution in [0.1, 0.15) is 47.0 Å². The van der Waals surface area contributed by atoms with Crippen molar-refractivity contribution in [2.75, 3.05) is 43.4 Å². The summed E-state index contributed by atoms with van der Waals surface area (Å²) < 4.78 is 0. The maximum atomic E-state index is 11.6. The lowest BCUT2D eigenvalue weighted by atomic mass is 10.2. The van der Waals surface area contributed by atoms with Crippen LogP contribution < -0.4 is 10.6 Å². The molecule has 2 rings (SSSR count). The predicted octanol–water partition coefficient (Wildman–Crippen LogP) is 2.43. The average Bonchev–Trinajstić information content (AvgIpc) is 3.00. The third-order valence-electron chi connectivity index (χ3n) is 4.72. The monoisotopic (exact) mass is 362 g/mol. The number of carbonyl (C=O) groups excluding carboxylic acids is 1. The third kappa shape index (κ3) is 6.44. The number of hydrogen-bond acceptors (Lipinski definition) is 6. The van der Waals surface area contributed by atoms with Gasteiger partial charge in [0.1, 0.15) is 5.82 Å². The zero-order chi connectivity index (χ0) is 18.9. The Balaban J connectivity index is 1.70. The van der Waals surface area contributed by atoms with Crippen LogP contribution in [0.4, 0.5) is 11.8 Å². The molecule has 1 aromatic rings. The Morgan fingerprint density at radius 2 is 1.96 bits per heavy atom. The van der Waals surface area contributed by atoms with Crippen molar-refractivity contribution in [3.63, 3.8) is 0 Å². The lowest BCUT2D eigenvalue weighted by Gasteiger charge is -2.30. The lowest BCUT2D eigenvalue weighted by molar-refractivity contribution is -0.127. The van der Waals surface area contributed by atoms with Crippen molar-refractivity contribution in [3.8, 4) is 0 Å². The second-order valence-corrected chi connectivity index (χ2v) is 7.38. The van der Waals surface area contributed by atoms with Crippen LogP contribution in [0, 0.1) is 0 Å². The van der Waals surface area contributed by atoms with Crippen molar-refractivity contribution in [1.29, 1.82) is 0 Å². The van der Waals surface area contributed by atoms with Crippen LogP contribution in [0.25, 0.3) is 0 Å². The number of likely N-dealkylation sites (tertiary alicyclic amines) is 1. The molecule has 0 bridgehead atoms. The van der Waals surface area contributed by atoms with Crippen molar-refractivity contribution >= 4 is 17.7 Å². The van der Waals surface area contributed by atoms with Crippen LogP contribution >= 0.6 is 0 Å². The molecule has 1 aliphatic heterocycles. The zero-order valence-corrected chi connectivity index (χ0v) is 16.7. The summed E-state index contributed by atoms with van der Waals surface area (Å²) in [5.41, 5.74) is 0. The SMILES string of the molecule is CC(C)N(CCNc1ccnc(NCCCN2CCCC2=O)n1)C(C)C. The maximum Gasteiger partial charge on any atom is 0.224 e. The number of nitrogens with zero attached hydrogens (tertiary/aromatic N) is 4. The summed E-state index contributed by atoms with van der Waals surface area (Å²) in [6.45, 7) is 13.2. The van der Waals surface area contributed by atoms with E-state index in [0.29, 0.717) is 24.5 Å². The first-order valence-corrected chi connectivity index (χ1v) is 9.81. The van der Waals surface area contributed by atoms with E-state index < -0.39 is 0 Å². The van der Waals surface area contributed by atoms with E-state index in [0.717, 1.165) is 51.4 Å². The van der Waals surface area contributed by atoms with E-state index in [1.807, 2.05) is 11.0 Å². The Kier molecular flexibility index (Phi) is 8.09. The highest BCUT2D eigenvalue weighted by atomic mass is 16.2. The lowest BCUT2D eigenvalue weighted by Crippen LogP contribution is -2.40. The van der Waals surface area contributed by atoms with Gasteiger partial charge in [-0.3, -0.25) is 9.69 Å². The van der Waals surface area contributed by atoms with E-state index in [2.05, 4.69) is 53.2 Å². The van der Waals surface area contributed by atoms with Gasteiger partial charge in [-0.25, -0.2) is 4.98 Å². The van der Waals surface area contributed by atoms with Gasteiger partial charge in [-0.1, -0.05) is 0 Å². The number of hydrogen-bond donors (Lipinski definition) is 2. The number of amides is 1. The van der Waals surface area contributed by atoms with E-state index in [1.165, 1.54) is 0 Å². The summed E-state index contributed by atoms with van der Waals surface area (Å²) in [7, 11) is 0. The molecule has 2 N–H and O–H groups in total. The zero-order valence-electron chi connectivity index (χ0n) is 16.7. The molecule has 0 aliphatic carbocycles. The van der Waals surface area contributed by atoms with Gasteiger partial charge in [-0.15, -0.1) is 0 Å². The minimum absolute atomic E-state index is 0.282. The molecule has 7 nitrogen and oxygen atoms in total. The summed E-state index contributed by atoms with van der Waals surface area (Å²) in [5, 5.41) is 6.63. The summed E-state index contributed by atoms with van der Waals surface area (Å²) in [4.78, 5) is 24.8. The van der Waals surface area contributed by atoms with Gasteiger partial charge in [0.05, 0.1) is 0 Å². The van der Waals surface area contributed by atoms with E-state index in [-0.39, 0.29) is 5.91 Å². The summed E-state index contributed by atoms with van der Waals surface area (Å²) in [6.07, 6.45) is 4.37. The van der Waals surface area contributed by atoms with E-state index >= 15 is 0 Å². The Morgan fingerprint density at radius 1 is 1.19 bits per heavy atom. The van der Waals surface area contributed by atoms with Crippen LogP contribution in [-0.2, 0) is 4.79 Å². The number of aromatic nitrogens is 2. The fourth-order valence-corrected chi connectivity index (χ4v) is 3.38. The first-order chi connectivity index (χ1) is 12.5. The molecule has 1 aromatic heterocycles. The molecule has 0 atom stereocenters. The van der Waals surface area contributed by atoms with Crippen LogP contribution in [0.3, 0.4) is 0 Å². The molecular formula is C19H34N6O. The van der Waals surface area contributed by atoms with Crippen LogP contribution in [0.2, 0.25) is 0 Å². The number of carbonyl (C=O) groups is 1. The van der Waals surface area contributed by atoms with Gasteiger partial charge in [-0.2, -0.15) is 4.98 Å². The van der Waals surface area contributed by atoms with Gasteiger partial charge in [0, 0.05) is 57.4 Å². The first kappa shape index (κ1) is 20.4. The molecule has 2 heterocycles. The van der Waals surface area contributed by atoms with Gasteiger partial charge in [0.15, 0.2) is 0 Å². The normalized spacial score (nSPS) is 14.7. The predicted molar refractivity (Wildman–Crippen MR) is 106 cm³/mol. The van der Waals surface area contributed by atoms with Crippen LogP contribution in [-0.4, -0.2) is 70.5 Å². The number of nitrogens with one attached hydrogen (secondary N) is 2. The van der Waals surface area contributed by atoms with E-state index in [9.17, 15) is 4.79 Å². The van der Waals surface area contributed by atoms with E-state index in [4.69, 9.17) is 0 Å². The maximum absolute atomic E-state index is 11.6. The van der Waals surface area contributed by atoms with Gasteiger partial charge in [-0.05, 0) is 46.6 Å². The highest BCUT2D eigenvalue weighted by molar-refractivity contribution is 5.77. The average molecular weight is 363 g/mol. The third-order valence-corrected chi connectivity index (χ3v) is 4.72. The van der Waals surface area contributed by atoms with E-state index in [1.54, 1.807) is 6.20 Å². The minimum Gasteiger partial charge on any atom is -0.369 e. The van der Waals surface area contributed by atoms with Crippen LogP contribution in [0.5, 0.6) is 0 Å². The quantitative estimate of drug-likeness (QED) is 0.589. The molecule has 1 fully saturated rings. The molecular weight excluding hydrogens is 328 g/mol. The smallest absolute Gasteiger partial charge is 0.224 e. The summed E-state index contributed by atoms with van der Waals surface area (Å²) in [5.74, 6) is 1.75. The van der Waals surface area contributed by atoms with Gasteiger partial charge in [0.2, 0.25) is 11.9 Å². The number of rotatable bonds is 11. The summed E-state index contributed by atoms with van der Waals surface area (Å²) >= 11 is 0. The molecule has 0 saturated carbocycles. The molecule has 1 amide bonds. The van der Waals surface area contributed by atoms with Crippen molar-refractivity contribution < 1.29 is 4.79 Å². The fraction of sp³-hybridized carbons (Fsp3) is 0.737. The number of anilines is 2. The second kappa shape index (κ2) is 10.3. The van der Waals surface area contributed by atoms with Crippen molar-refractivity contribution in [3.05, 3.63) is 12.3 Å². The van der Waals surface area contributed by atoms with Crippen molar-refractivity contribution in [2.45, 2.75) is 59.0 Å². The summed E-state index contributed by atoms with van der Waals surface area (Å²) in [6, 6.07) is 2.95. The van der Waals surface area contributed by atoms with Crippen molar-refractivity contribution in [2.24, 2.45) is 0 Å². The standard InChI is InChI=1S/C19H34N6O/c1-15(2)25(16(3)4)14-11-20-17-8-10-22-19(23-17)21-9-6-13-24-12-5-7-18(24)26/h8,10,15-16H,5-7,9,11-14H2,1-4H3,(H2,20,21,22,23). The highest BCUT2D eigenvalue weighted by Gasteiger charge is 2.18. The Bertz CT molecular complexity index is 555.